The van der Waals surface area contributed by atoms with Gasteiger partial charge in [0, 0.05) is 12.8 Å². The first-order chi connectivity index (χ1) is 8.05. The highest BCUT2D eigenvalue weighted by Gasteiger charge is 2.12. The van der Waals surface area contributed by atoms with Gasteiger partial charge in [-0.15, -0.1) is 0 Å². The first-order valence-electron chi connectivity index (χ1n) is 6.07. The Labute approximate surface area is 103 Å². The molecule has 1 aromatic carbocycles. The molecule has 0 saturated carbocycles. The van der Waals surface area contributed by atoms with Gasteiger partial charge >= 0.3 is 0 Å². The summed E-state index contributed by atoms with van der Waals surface area (Å²) in [5, 5.41) is 0. The third kappa shape index (κ3) is 3.54. The van der Waals surface area contributed by atoms with E-state index in [1.165, 1.54) is 25.5 Å². The Hall–Kier alpha value is -0.870. The van der Waals surface area contributed by atoms with E-state index in [1.807, 2.05) is 12.1 Å². The quantitative estimate of drug-likeness (QED) is 0.827. The van der Waals surface area contributed by atoms with Gasteiger partial charge in [-0.3, -0.25) is 4.90 Å². The van der Waals surface area contributed by atoms with Crippen molar-refractivity contribution in [3.8, 4) is 0 Å². The smallest absolute Gasteiger partial charge is 0.175 e. The molecule has 17 heavy (non-hydrogen) atoms. The molecule has 94 valence electrons. The summed E-state index contributed by atoms with van der Waals surface area (Å²) in [5.74, 6) is 0. The van der Waals surface area contributed by atoms with Gasteiger partial charge in [0.1, 0.15) is 0 Å². The molecule has 1 aliphatic heterocycles. The number of sulfone groups is 1. The van der Waals surface area contributed by atoms with Crippen LogP contribution in [0.1, 0.15) is 24.8 Å². The van der Waals surface area contributed by atoms with Gasteiger partial charge in [-0.1, -0.05) is 18.6 Å². The maximum Gasteiger partial charge on any atom is 0.175 e. The van der Waals surface area contributed by atoms with Crippen LogP contribution in [0.3, 0.4) is 0 Å². The van der Waals surface area contributed by atoms with Gasteiger partial charge in [-0.05, 0) is 43.6 Å². The molecule has 0 unspecified atom stereocenters. The van der Waals surface area contributed by atoms with Crippen LogP contribution in [0.5, 0.6) is 0 Å². The van der Waals surface area contributed by atoms with Crippen molar-refractivity contribution in [3.05, 3.63) is 29.8 Å². The molecule has 1 aromatic rings. The summed E-state index contributed by atoms with van der Waals surface area (Å²) in [7, 11) is -3.08. The lowest BCUT2D eigenvalue weighted by molar-refractivity contribution is 0.221. The summed E-state index contributed by atoms with van der Waals surface area (Å²) in [5.41, 5.74) is 1.09. The molecule has 1 fully saturated rings. The van der Waals surface area contributed by atoms with Gasteiger partial charge in [-0.2, -0.15) is 0 Å². The van der Waals surface area contributed by atoms with E-state index in [9.17, 15) is 8.42 Å². The average Bonchev–Trinajstić information content (AvgIpc) is 2.29. The van der Waals surface area contributed by atoms with Gasteiger partial charge in [-0.25, -0.2) is 8.42 Å². The number of likely N-dealkylation sites (tertiary alicyclic amines) is 1. The fraction of sp³-hybridized carbons (Fsp3) is 0.538. The number of hydrogen-bond donors (Lipinski definition) is 0. The second-order valence-corrected chi connectivity index (χ2v) is 6.77. The molecule has 0 radical (unpaired) electrons. The summed E-state index contributed by atoms with van der Waals surface area (Å²) in [6.45, 7) is 3.12. The molecule has 0 aliphatic carbocycles. The number of benzene rings is 1. The minimum Gasteiger partial charge on any atom is -0.299 e. The van der Waals surface area contributed by atoms with E-state index in [2.05, 4.69) is 4.90 Å². The lowest BCUT2D eigenvalue weighted by Crippen LogP contribution is -2.29. The maximum absolute atomic E-state index is 11.5. The van der Waals surface area contributed by atoms with E-state index in [4.69, 9.17) is 0 Å². The maximum atomic E-state index is 11.5. The second-order valence-electron chi connectivity index (χ2n) is 4.76. The fourth-order valence-corrected chi connectivity index (χ4v) is 2.94. The molecular formula is C13H19NO2S. The normalized spacial score (nSPS) is 18.2. The minimum atomic E-state index is -3.08. The van der Waals surface area contributed by atoms with Crippen LogP contribution >= 0.6 is 0 Å². The van der Waals surface area contributed by atoms with Crippen LogP contribution in [0.15, 0.2) is 29.2 Å². The molecule has 0 N–H and O–H groups in total. The summed E-state index contributed by atoms with van der Waals surface area (Å²) >= 11 is 0. The molecule has 0 bridgehead atoms. The van der Waals surface area contributed by atoms with E-state index in [0.717, 1.165) is 25.2 Å². The zero-order valence-electron chi connectivity index (χ0n) is 10.2. The Morgan fingerprint density at radius 2 is 1.88 bits per heavy atom. The summed E-state index contributed by atoms with van der Waals surface area (Å²) in [4.78, 5) is 2.82. The molecule has 3 nitrogen and oxygen atoms in total. The van der Waals surface area contributed by atoms with E-state index >= 15 is 0 Å². The molecule has 0 amide bonds. The lowest BCUT2D eigenvalue weighted by atomic mass is 10.1. The van der Waals surface area contributed by atoms with E-state index in [1.54, 1.807) is 12.1 Å². The van der Waals surface area contributed by atoms with Crippen molar-refractivity contribution in [1.82, 2.24) is 4.90 Å². The molecule has 2 rings (SSSR count). The third-order valence-corrected chi connectivity index (χ3v) is 4.29. The van der Waals surface area contributed by atoms with Crippen molar-refractivity contribution in [2.45, 2.75) is 30.7 Å². The first-order valence-corrected chi connectivity index (χ1v) is 7.96. The van der Waals surface area contributed by atoms with Gasteiger partial charge in [0.25, 0.3) is 0 Å². The van der Waals surface area contributed by atoms with Crippen molar-refractivity contribution in [2.75, 3.05) is 19.3 Å². The molecule has 0 aromatic heterocycles. The van der Waals surface area contributed by atoms with Crippen molar-refractivity contribution in [1.29, 1.82) is 0 Å². The van der Waals surface area contributed by atoms with E-state index < -0.39 is 9.84 Å². The Kier molecular flexibility index (Phi) is 3.84. The highest BCUT2D eigenvalue weighted by Crippen LogP contribution is 2.16. The molecule has 1 aliphatic rings. The predicted molar refractivity (Wildman–Crippen MR) is 68.7 cm³/mol. The standard InChI is InChI=1S/C13H19NO2S/c1-17(15,16)13-7-5-6-12(10-13)11-14-8-3-2-4-9-14/h5-7,10H,2-4,8-9,11H2,1H3. The zero-order valence-corrected chi connectivity index (χ0v) is 11.0. The highest BCUT2D eigenvalue weighted by atomic mass is 32.2. The number of piperidine rings is 1. The highest BCUT2D eigenvalue weighted by molar-refractivity contribution is 7.90. The SMILES string of the molecule is CS(=O)(=O)c1cccc(CN2CCCCC2)c1. The van der Waals surface area contributed by atoms with Gasteiger partial charge in [0.15, 0.2) is 9.84 Å². The summed E-state index contributed by atoms with van der Waals surface area (Å²) in [6.07, 6.45) is 5.09. The summed E-state index contributed by atoms with van der Waals surface area (Å²) in [6, 6.07) is 7.29. The molecule has 0 spiro atoms. The molecule has 1 heterocycles. The third-order valence-electron chi connectivity index (χ3n) is 3.18. The van der Waals surface area contributed by atoms with Crippen molar-refractivity contribution < 1.29 is 8.42 Å². The molecule has 4 heteroatoms. The topological polar surface area (TPSA) is 37.4 Å². The zero-order chi connectivity index (χ0) is 12.3. The fourth-order valence-electron chi connectivity index (χ4n) is 2.25. The Morgan fingerprint density at radius 3 is 2.53 bits per heavy atom. The van der Waals surface area contributed by atoms with Crippen molar-refractivity contribution >= 4 is 9.84 Å². The molecule has 0 atom stereocenters. The van der Waals surface area contributed by atoms with E-state index in [-0.39, 0.29) is 0 Å². The van der Waals surface area contributed by atoms with Crippen LogP contribution in [-0.4, -0.2) is 32.7 Å². The van der Waals surface area contributed by atoms with Gasteiger partial charge in [0.2, 0.25) is 0 Å². The largest absolute Gasteiger partial charge is 0.299 e. The number of rotatable bonds is 3. The first kappa shape index (κ1) is 12.6. The summed E-state index contributed by atoms with van der Waals surface area (Å²) < 4.78 is 22.9. The van der Waals surface area contributed by atoms with Crippen LogP contribution in [-0.2, 0) is 16.4 Å². The van der Waals surface area contributed by atoms with Gasteiger partial charge in [0.05, 0.1) is 4.90 Å². The average molecular weight is 253 g/mol. The van der Waals surface area contributed by atoms with Crippen LogP contribution in [0.2, 0.25) is 0 Å². The van der Waals surface area contributed by atoms with E-state index in [0.29, 0.717) is 4.90 Å². The Morgan fingerprint density at radius 1 is 1.18 bits per heavy atom. The van der Waals surface area contributed by atoms with Gasteiger partial charge < -0.3 is 0 Å². The van der Waals surface area contributed by atoms with Crippen molar-refractivity contribution in [2.24, 2.45) is 0 Å². The molecular weight excluding hydrogens is 234 g/mol. The Bertz CT molecular complexity index is 476. The van der Waals surface area contributed by atoms with Crippen LogP contribution < -0.4 is 0 Å². The van der Waals surface area contributed by atoms with Crippen LogP contribution in [0.25, 0.3) is 0 Å². The molecule has 1 saturated heterocycles. The number of nitrogens with zero attached hydrogens (tertiary/aromatic N) is 1. The second kappa shape index (κ2) is 5.19. The predicted octanol–water partition coefficient (Wildman–Crippen LogP) is 2.08. The van der Waals surface area contributed by atoms with Crippen LogP contribution in [0, 0.1) is 0 Å². The lowest BCUT2D eigenvalue weighted by Gasteiger charge is -2.26. The Balaban J connectivity index is 2.11. The minimum absolute atomic E-state index is 0.423. The van der Waals surface area contributed by atoms with Crippen LogP contribution in [0.4, 0.5) is 0 Å². The van der Waals surface area contributed by atoms with Crippen molar-refractivity contribution in [3.63, 3.8) is 0 Å². The monoisotopic (exact) mass is 253 g/mol. The number of hydrogen-bond acceptors (Lipinski definition) is 3.